The van der Waals surface area contributed by atoms with Crippen molar-refractivity contribution in [1.29, 1.82) is 0 Å². The number of benzene rings is 2. The Labute approximate surface area is 152 Å². The molecule has 2 N–H and O–H groups in total. The van der Waals surface area contributed by atoms with Crippen molar-refractivity contribution in [3.05, 3.63) is 70.9 Å². The summed E-state index contributed by atoms with van der Waals surface area (Å²) >= 11 is 6.30. The van der Waals surface area contributed by atoms with E-state index in [9.17, 15) is 4.79 Å². The number of esters is 1. The van der Waals surface area contributed by atoms with Gasteiger partial charge in [-0.05, 0) is 30.2 Å². The molecule has 4 nitrogen and oxygen atoms in total. The number of aromatic nitrogens is 1. The van der Waals surface area contributed by atoms with Crippen molar-refractivity contribution < 1.29 is 9.53 Å². The summed E-state index contributed by atoms with van der Waals surface area (Å²) in [6, 6.07) is 15.2. The van der Waals surface area contributed by atoms with E-state index in [-0.39, 0.29) is 5.97 Å². The quantitative estimate of drug-likeness (QED) is 0.684. The van der Waals surface area contributed by atoms with Crippen molar-refractivity contribution in [2.24, 2.45) is 5.73 Å². The van der Waals surface area contributed by atoms with E-state index in [0.717, 1.165) is 27.1 Å². The molecule has 0 radical (unpaired) electrons. The summed E-state index contributed by atoms with van der Waals surface area (Å²) in [5, 5.41) is 1.83. The minimum Gasteiger partial charge on any atom is -0.465 e. The minimum atomic E-state index is -0.667. The molecule has 0 fully saturated rings. The number of rotatable bonds is 6. The Kier molecular flexibility index (Phi) is 5.41. The molecule has 25 heavy (non-hydrogen) atoms. The Morgan fingerprint density at radius 3 is 2.64 bits per heavy atom. The number of para-hydroxylation sites is 1. The van der Waals surface area contributed by atoms with Crippen LogP contribution in [0.25, 0.3) is 10.9 Å². The summed E-state index contributed by atoms with van der Waals surface area (Å²) in [6.45, 7) is 2.77. The van der Waals surface area contributed by atoms with Crippen LogP contribution in [0.3, 0.4) is 0 Å². The van der Waals surface area contributed by atoms with Crippen LogP contribution in [0.1, 0.15) is 18.1 Å². The number of nitrogens with two attached hydrogens (primary N) is 1. The maximum atomic E-state index is 11.9. The van der Waals surface area contributed by atoms with Crippen LogP contribution in [0.5, 0.6) is 0 Å². The van der Waals surface area contributed by atoms with E-state index in [1.165, 1.54) is 0 Å². The Morgan fingerprint density at radius 1 is 1.16 bits per heavy atom. The van der Waals surface area contributed by atoms with Crippen LogP contribution < -0.4 is 5.73 Å². The molecule has 1 heterocycles. The van der Waals surface area contributed by atoms with Crippen LogP contribution in [0, 0.1) is 0 Å². The minimum absolute atomic E-state index is 0.334. The third-order valence-corrected chi connectivity index (χ3v) is 4.57. The van der Waals surface area contributed by atoms with Crippen molar-refractivity contribution in [3.63, 3.8) is 0 Å². The van der Waals surface area contributed by atoms with Crippen LogP contribution in [0.15, 0.2) is 54.7 Å². The van der Waals surface area contributed by atoms with Gasteiger partial charge in [0.25, 0.3) is 0 Å². The molecule has 3 aromatic rings. The van der Waals surface area contributed by atoms with Crippen LogP contribution in [-0.2, 0) is 22.5 Å². The van der Waals surface area contributed by atoms with E-state index in [1.807, 2.05) is 48.7 Å². The number of hydrogen-bond donors (Lipinski definition) is 1. The van der Waals surface area contributed by atoms with Crippen LogP contribution >= 0.6 is 11.6 Å². The van der Waals surface area contributed by atoms with Crippen LogP contribution in [0.2, 0.25) is 5.02 Å². The summed E-state index contributed by atoms with van der Waals surface area (Å²) in [5.41, 5.74) is 9.18. The van der Waals surface area contributed by atoms with Crippen molar-refractivity contribution in [2.75, 3.05) is 6.61 Å². The van der Waals surface area contributed by atoms with E-state index in [1.54, 1.807) is 6.92 Å². The SMILES string of the molecule is CCOC(=O)C(N)Cc1cn(Cc2ccccc2Cl)c2ccccc12. The number of halogens is 1. The molecular weight excluding hydrogens is 336 g/mol. The first-order chi connectivity index (χ1) is 12.1. The molecule has 0 spiro atoms. The smallest absolute Gasteiger partial charge is 0.323 e. The zero-order valence-corrected chi connectivity index (χ0v) is 14.9. The third-order valence-electron chi connectivity index (χ3n) is 4.20. The molecule has 0 bridgehead atoms. The molecule has 1 atom stereocenters. The second-order valence-electron chi connectivity index (χ2n) is 5.95. The first kappa shape index (κ1) is 17.5. The number of carbonyl (C=O) groups is 1. The molecule has 0 saturated heterocycles. The average molecular weight is 357 g/mol. The van der Waals surface area contributed by atoms with Gasteiger partial charge in [-0.1, -0.05) is 48.0 Å². The number of ether oxygens (including phenoxy) is 1. The fourth-order valence-corrected chi connectivity index (χ4v) is 3.19. The van der Waals surface area contributed by atoms with Crippen LogP contribution in [0.4, 0.5) is 0 Å². The highest BCUT2D eigenvalue weighted by molar-refractivity contribution is 6.31. The van der Waals surface area contributed by atoms with Gasteiger partial charge in [0.05, 0.1) is 6.61 Å². The monoisotopic (exact) mass is 356 g/mol. The molecule has 0 saturated carbocycles. The molecular formula is C20H21ClN2O2. The highest BCUT2D eigenvalue weighted by Crippen LogP contribution is 2.25. The standard InChI is InChI=1S/C20H21ClN2O2/c1-2-25-20(24)18(22)11-15-13-23(19-10-6-4-8-16(15)19)12-14-7-3-5-9-17(14)21/h3-10,13,18H,2,11-12,22H2,1H3. The fourth-order valence-electron chi connectivity index (χ4n) is 3.00. The molecule has 130 valence electrons. The van der Waals surface area contributed by atoms with E-state index in [4.69, 9.17) is 22.1 Å². The predicted octanol–water partition coefficient (Wildman–Crippen LogP) is 3.78. The van der Waals surface area contributed by atoms with Crippen LogP contribution in [-0.4, -0.2) is 23.2 Å². The predicted molar refractivity (Wildman–Crippen MR) is 101 cm³/mol. The van der Waals surface area contributed by atoms with Crippen molar-refractivity contribution in [1.82, 2.24) is 4.57 Å². The zero-order valence-electron chi connectivity index (χ0n) is 14.1. The molecule has 1 aromatic heterocycles. The lowest BCUT2D eigenvalue weighted by Gasteiger charge is -2.09. The van der Waals surface area contributed by atoms with Gasteiger partial charge < -0.3 is 15.0 Å². The Bertz CT molecular complexity index is 888. The Balaban J connectivity index is 1.93. The lowest BCUT2D eigenvalue weighted by atomic mass is 10.1. The van der Waals surface area contributed by atoms with Crippen molar-refractivity contribution in [3.8, 4) is 0 Å². The van der Waals surface area contributed by atoms with Gasteiger partial charge in [0.1, 0.15) is 6.04 Å². The molecule has 0 amide bonds. The first-order valence-corrected chi connectivity index (χ1v) is 8.70. The van der Waals surface area contributed by atoms with E-state index >= 15 is 0 Å². The van der Waals surface area contributed by atoms with E-state index in [2.05, 4.69) is 10.6 Å². The second-order valence-corrected chi connectivity index (χ2v) is 6.36. The molecule has 0 aliphatic rings. The fraction of sp³-hybridized carbons (Fsp3) is 0.250. The normalized spacial score (nSPS) is 12.3. The second kappa shape index (κ2) is 7.72. The zero-order chi connectivity index (χ0) is 17.8. The van der Waals surface area contributed by atoms with Gasteiger partial charge in [0, 0.05) is 35.1 Å². The highest BCUT2D eigenvalue weighted by atomic mass is 35.5. The maximum Gasteiger partial charge on any atom is 0.323 e. The van der Waals surface area contributed by atoms with Crippen molar-refractivity contribution in [2.45, 2.75) is 25.9 Å². The summed E-state index contributed by atoms with van der Waals surface area (Å²) < 4.78 is 7.16. The van der Waals surface area contributed by atoms with Gasteiger partial charge >= 0.3 is 5.97 Å². The van der Waals surface area contributed by atoms with Gasteiger partial charge in [-0.2, -0.15) is 0 Å². The summed E-state index contributed by atoms with van der Waals surface area (Å²) in [5.74, 6) is -0.370. The Hall–Kier alpha value is -2.30. The molecule has 5 heteroatoms. The number of fused-ring (bicyclic) bond motifs is 1. The topological polar surface area (TPSA) is 57.2 Å². The van der Waals surface area contributed by atoms with Gasteiger partial charge in [0.15, 0.2) is 0 Å². The molecule has 2 aromatic carbocycles. The molecule has 3 rings (SSSR count). The van der Waals surface area contributed by atoms with E-state index < -0.39 is 6.04 Å². The van der Waals surface area contributed by atoms with Gasteiger partial charge in [-0.3, -0.25) is 4.79 Å². The van der Waals surface area contributed by atoms with E-state index in [0.29, 0.717) is 19.6 Å². The number of nitrogens with zero attached hydrogens (tertiary/aromatic N) is 1. The lowest BCUT2D eigenvalue weighted by molar-refractivity contribution is -0.144. The third kappa shape index (κ3) is 3.86. The molecule has 0 aliphatic heterocycles. The summed E-state index contributed by atoms with van der Waals surface area (Å²) in [4.78, 5) is 11.9. The lowest BCUT2D eigenvalue weighted by Crippen LogP contribution is -2.34. The maximum absolute atomic E-state index is 11.9. The highest BCUT2D eigenvalue weighted by Gasteiger charge is 2.18. The van der Waals surface area contributed by atoms with Gasteiger partial charge in [0.2, 0.25) is 0 Å². The van der Waals surface area contributed by atoms with Gasteiger partial charge in [-0.25, -0.2) is 0 Å². The number of carbonyl (C=O) groups excluding carboxylic acids is 1. The number of hydrogen-bond acceptors (Lipinski definition) is 3. The average Bonchev–Trinajstić information content (AvgIpc) is 2.95. The summed E-state index contributed by atoms with van der Waals surface area (Å²) in [7, 11) is 0. The largest absolute Gasteiger partial charge is 0.465 e. The molecule has 1 unspecified atom stereocenters. The summed E-state index contributed by atoms with van der Waals surface area (Å²) in [6.07, 6.45) is 2.49. The van der Waals surface area contributed by atoms with Crippen molar-refractivity contribution >= 4 is 28.5 Å². The Morgan fingerprint density at radius 2 is 1.88 bits per heavy atom. The molecule has 0 aliphatic carbocycles. The first-order valence-electron chi connectivity index (χ1n) is 8.32. The van der Waals surface area contributed by atoms with Gasteiger partial charge in [-0.15, -0.1) is 0 Å².